The number of methoxy groups -OCH3 is 2. The molecule has 4 heteroatoms. The van der Waals surface area contributed by atoms with Crippen molar-refractivity contribution < 1.29 is 14.3 Å². The van der Waals surface area contributed by atoms with Gasteiger partial charge in [0, 0.05) is 5.69 Å². The molecule has 88 valence electrons. The Morgan fingerprint density at radius 2 is 1.88 bits per heavy atom. The molecule has 0 amide bonds. The zero-order chi connectivity index (χ0) is 12.4. The van der Waals surface area contributed by atoms with Crippen molar-refractivity contribution in [3.63, 3.8) is 0 Å². The van der Waals surface area contributed by atoms with Crippen molar-refractivity contribution in [2.45, 2.75) is 0 Å². The van der Waals surface area contributed by atoms with Gasteiger partial charge in [0.2, 0.25) is 0 Å². The first kappa shape index (κ1) is 11.3. The number of fused-ring (bicyclic) bond motifs is 1. The van der Waals surface area contributed by atoms with Crippen LogP contribution in [-0.4, -0.2) is 20.2 Å². The Labute approximate surface area is 98.9 Å². The second kappa shape index (κ2) is 4.33. The number of benzene rings is 2. The predicted octanol–water partition coefficient (Wildman–Crippen LogP) is 2.22. The fourth-order valence-corrected chi connectivity index (χ4v) is 1.73. The summed E-state index contributed by atoms with van der Waals surface area (Å²) in [5, 5.41) is 1.84. The topological polar surface area (TPSA) is 61.5 Å². The molecule has 0 aliphatic carbocycles. The van der Waals surface area contributed by atoms with Crippen LogP contribution in [0.3, 0.4) is 0 Å². The third-order valence-corrected chi connectivity index (χ3v) is 2.59. The highest BCUT2D eigenvalue weighted by Crippen LogP contribution is 2.27. The predicted molar refractivity (Wildman–Crippen MR) is 66.3 cm³/mol. The standard InChI is InChI=1S/C13H13NO3/c1-16-12-7-8-3-4-10(14)5-9(8)6-11(12)13(15)17-2/h3-7H,14H2,1-2H3. The molecule has 2 N–H and O–H groups in total. The Hall–Kier alpha value is -2.23. The second-order valence-corrected chi connectivity index (χ2v) is 3.65. The van der Waals surface area contributed by atoms with E-state index in [1.54, 1.807) is 24.3 Å². The molecular weight excluding hydrogens is 218 g/mol. The lowest BCUT2D eigenvalue weighted by atomic mass is 10.1. The number of hydrogen-bond acceptors (Lipinski definition) is 4. The molecule has 0 unspecified atom stereocenters. The first-order valence-corrected chi connectivity index (χ1v) is 5.11. The van der Waals surface area contributed by atoms with Crippen LogP contribution in [0, 0.1) is 0 Å². The van der Waals surface area contributed by atoms with Crippen LogP contribution in [0.4, 0.5) is 5.69 Å². The summed E-state index contributed by atoms with van der Waals surface area (Å²) in [5.74, 6) is 0.0697. The molecule has 0 atom stereocenters. The summed E-state index contributed by atoms with van der Waals surface area (Å²) >= 11 is 0. The van der Waals surface area contributed by atoms with E-state index < -0.39 is 5.97 Å². The van der Waals surface area contributed by atoms with E-state index in [-0.39, 0.29) is 0 Å². The van der Waals surface area contributed by atoms with Crippen LogP contribution in [0.15, 0.2) is 30.3 Å². The van der Waals surface area contributed by atoms with Crippen molar-refractivity contribution in [1.29, 1.82) is 0 Å². The molecule has 0 radical (unpaired) electrons. The zero-order valence-corrected chi connectivity index (χ0v) is 9.69. The van der Waals surface area contributed by atoms with Gasteiger partial charge in [0.05, 0.1) is 14.2 Å². The molecule has 2 rings (SSSR count). The average Bonchev–Trinajstić information content (AvgIpc) is 2.36. The van der Waals surface area contributed by atoms with E-state index in [4.69, 9.17) is 15.2 Å². The van der Waals surface area contributed by atoms with Crippen LogP contribution in [0.1, 0.15) is 10.4 Å². The van der Waals surface area contributed by atoms with E-state index in [9.17, 15) is 4.79 Å². The van der Waals surface area contributed by atoms with E-state index in [2.05, 4.69) is 0 Å². The van der Waals surface area contributed by atoms with E-state index in [0.717, 1.165) is 10.8 Å². The van der Waals surface area contributed by atoms with Crippen molar-refractivity contribution in [1.82, 2.24) is 0 Å². The first-order chi connectivity index (χ1) is 8.15. The Morgan fingerprint density at radius 3 is 2.53 bits per heavy atom. The van der Waals surface area contributed by atoms with E-state index in [1.807, 2.05) is 6.07 Å². The number of hydrogen-bond donors (Lipinski definition) is 1. The SMILES string of the molecule is COC(=O)c1cc2cc(N)ccc2cc1OC. The molecule has 2 aromatic carbocycles. The molecule has 4 nitrogen and oxygen atoms in total. The van der Waals surface area contributed by atoms with Crippen molar-refractivity contribution >= 4 is 22.4 Å². The quantitative estimate of drug-likeness (QED) is 0.636. The molecule has 0 fully saturated rings. The Kier molecular flexibility index (Phi) is 2.87. The molecule has 0 saturated carbocycles. The minimum Gasteiger partial charge on any atom is -0.496 e. The lowest BCUT2D eigenvalue weighted by Gasteiger charge is -2.09. The number of carbonyl (C=O) groups excluding carboxylic acids is 1. The number of rotatable bonds is 2. The minimum absolute atomic E-state index is 0.396. The largest absolute Gasteiger partial charge is 0.496 e. The van der Waals surface area contributed by atoms with Crippen molar-refractivity contribution in [3.05, 3.63) is 35.9 Å². The van der Waals surface area contributed by atoms with Gasteiger partial charge in [-0.1, -0.05) is 6.07 Å². The van der Waals surface area contributed by atoms with Crippen LogP contribution in [0.25, 0.3) is 10.8 Å². The summed E-state index contributed by atoms with van der Waals surface area (Å²) in [6.45, 7) is 0. The summed E-state index contributed by atoms with van der Waals surface area (Å²) in [4.78, 5) is 11.6. The summed E-state index contributed by atoms with van der Waals surface area (Å²) in [5.41, 5.74) is 6.75. The number of carbonyl (C=O) groups is 1. The summed E-state index contributed by atoms with van der Waals surface area (Å²) in [7, 11) is 2.86. The van der Waals surface area contributed by atoms with Gasteiger partial charge in [0.1, 0.15) is 11.3 Å². The summed E-state index contributed by atoms with van der Waals surface area (Å²) < 4.78 is 9.88. The highest BCUT2D eigenvalue weighted by atomic mass is 16.5. The number of esters is 1. The maximum atomic E-state index is 11.6. The van der Waals surface area contributed by atoms with Gasteiger partial charge in [-0.05, 0) is 35.0 Å². The fourth-order valence-electron chi connectivity index (χ4n) is 1.73. The molecule has 0 bridgehead atoms. The van der Waals surface area contributed by atoms with Crippen LogP contribution >= 0.6 is 0 Å². The van der Waals surface area contributed by atoms with Crippen molar-refractivity contribution in [2.24, 2.45) is 0 Å². The smallest absolute Gasteiger partial charge is 0.341 e. The Balaban J connectivity index is 2.69. The Bertz CT molecular complexity index is 578. The molecule has 0 aliphatic rings. The summed E-state index contributed by atoms with van der Waals surface area (Å²) in [6, 6.07) is 9.01. The van der Waals surface area contributed by atoms with E-state index in [0.29, 0.717) is 17.0 Å². The zero-order valence-electron chi connectivity index (χ0n) is 9.69. The van der Waals surface area contributed by atoms with Crippen LogP contribution in [-0.2, 0) is 4.74 Å². The number of nitrogen functional groups attached to an aromatic ring is 1. The molecule has 2 aromatic rings. The highest BCUT2D eigenvalue weighted by molar-refractivity contribution is 5.99. The third kappa shape index (κ3) is 2.01. The van der Waals surface area contributed by atoms with Gasteiger partial charge >= 0.3 is 5.97 Å². The van der Waals surface area contributed by atoms with Crippen LogP contribution < -0.4 is 10.5 Å². The Morgan fingerprint density at radius 1 is 1.12 bits per heavy atom. The van der Waals surface area contributed by atoms with Gasteiger partial charge in [-0.3, -0.25) is 0 Å². The second-order valence-electron chi connectivity index (χ2n) is 3.65. The monoisotopic (exact) mass is 231 g/mol. The fraction of sp³-hybridized carbons (Fsp3) is 0.154. The molecule has 0 aliphatic heterocycles. The van der Waals surface area contributed by atoms with Crippen LogP contribution in [0.5, 0.6) is 5.75 Å². The number of nitrogens with two attached hydrogens (primary N) is 1. The highest BCUT2D eigenvalue weighted by Gasteiger charge is 2.13. The molecule has 0 saturated heterocycles. The first-order valence-electron chi connectivity index (χ1n) is 5.11. The van der Waals surface area contributed by atoms with Gasteiger partial charge < -0.3 is 15.2 Å². The average molecular weight is 231 g/mol. The van der Waals surface area contributed by atoms with Gasteiger partial charge in [0.25, 0.3) is 0 Å². The molecule has 0 heterocycles. The third-order valence-electron chi connectivity index (χ3n) is 2.59. The lowest BCUT2D eigenvalue weighted by Crippen LogP contribution is -2.04. The van der Waals surface area contributed by atoms with Crippen LogP contribution in [0.2, 0.25) is 0 Å². The molecule has 0 aromatic heterocycles. The van der Waals surface area contributed by atoms with Gasteiger partial charge in [0.15, 0.2) is 0 Å². The lowest BCUT2D eigenvalue weighted by molar-refractivity contribution is 0.0597. The van der Waals surface area contributed by atoms with E-state index >= 15 is 0 Å². The normalized spacial score (nSPS) is 10.2. The molecule has 17 heavy (non-hydrogen) atoms. The van der Waals surface area contributed by atoms with Gasteiger partial charge in [-0.25, -0.2) is 4.79 Å². The number of ether oxygens (including phenoxy) is 2. The van der Waals surface area contributed by atoms with Crippen molar-refractivity contribution in [2.75, 3.05) is 20.0 Å². The maximum absolute atomic E-state index is 11.6. The molecule has 0 spiro atoms. The molecular formula is C13H13NO3. The summed E-state index contributed by atoms with van der Waals surface area (Å²) in [6.07, 6.45) is 0. The van der Waals surface area contributed by atoms with Crippen molar-refractivity contribution in [3.8, 4) is 5.75 Å². The van der Waals surface area contributed by atoms with Gasteiger partial charge in [-0.15, -0.1) is 0 Å². The number of anilines is 1. The maximum Gasteiger partial charge on any atom is 0.341 e. The van der Waals surface area contributed by atoms with Gasteiger partial charge in [-0.2, -0.15) is 0 Å². The minimum atomic E-state index is -0.425. The van der Waals surface area contributed by atoms with E-state index in [1.165, 1.54) is 14.2 Å².